The van der Waals surface area contributed by atoms with Crippen LogP contribution in [0.5, 0.6) is 0 Å². The third-order valence-electron chi connectivity index (χ3n) is 2.59. The van der Waals surface area contributed by atoms with Crippen LogP contribution >= 0.6 is 0 Å². The summed E-state index contributed by atoms with van der Waals surface area (Å²) in [7, 11) is -3.89. The fourth-order valence-electron chi connectivity index (χ4n) is 1.65. The van der Waals surface area contributed by atoms with Crippen LogP contribution in [-0.2, 0) is 19.7 Å². The van der Waals surface area contributed by atoms with Gasteiger partial charge in [-0.15, -0.1) is 0 Å². The van der Waals surface area contributed by atoms with Gasteiger partial charge < -0.3 is 4.84 Å². The molecule has 0 amide bonds. The van der Waals surface area contributed by atoms with E-state index in [2.05, 4.69) is 4.84 Å². The van der Waals surface area contributed by atoms with Crippen molar-refractivity contribution in [2.24, 2.45) is 0 Å². The summed E-state index contributed by atoms with van der Waals surface area (Å²) in [5.41, 5.74) is 0. The Labute approximate surface area is 111 Å². The van der Waals surface area contributed by atoms with Crippen LogP contribution in [0.1, 0.15) is 13.3 Å². The fraction of sp³-hybridized carbons (Fsp3) is 0.154. The lowest BCUT2D eigenvalue weighted by Gasteiger charge is -2.08. The van der Waals surface area contributed by atoms with Gasteiger partial charge >= 0.3 is 5.97 Å². The highest BCUT2D eigenvalue weighted by Gasteiger charge is 2.18. The molecule has 2 rings (SSSR count). The van der Waals surface area contributed by atoms with E-state index < -0.39 is 16.0 Å². The topological polar surface area (TPSA) is 72.5 Å². The maximum atomic E-state index is 12.1. The first kappa shape index (κ1) is 13.5. The lowest BCUT2D eigenvalue weighted by molar-refractivity contribution is -0.146. The molecule has 0 saturated carbocycles. The van der Waals surface area contributed by atoms with Gasteiger partial charge in [-0.2, -0.15) is 0 Å². The minimum absolute atomic E-state index is 0.0782. The van der Waals surface area contributed by atoms with Gasteiger partial charge in [0.1, 0.15) is 0 Å². The smallest absolute Gasteiger partial charge is 0.325 e. The van der Waals surface area contributed by atoms with E-state index in [1.165, 1.54) is 6.07 Å². The molecule has 0 aliphatic rings. The molecule has 0 aromatic heterocycles. The first-order chi connectivity index (χ1) is 9.04. The number of nitrogens with one attached hydrogen (secondary N) is 1. The van der Waals surface area contributed by atoms with Gasteiger partial charge in [-0.05, 0) is 16.3 Å². The van der Waals surface area contributed by atoms with Gasteiger partial charge in [-0.3, -0.25) is 4.79 Å². The Morgan fingerprint density at radius 1 is 1.16 bits per heavy atom. The van der Waals surface area contributed by atoms with Gasteiger partial charge in [0.05, 0.1) is 4.90 Å². The van der Waals surface area contributed by atoms with Crippen molar-refractivity contribution in [1.29, 1.82) is 0 Å². The van der Waals surface area contributed by atoms with Crippen LogP contribution < -0.4 is 4.89 Å². The van der Waals surface area contributed by atoms with Crippen LogP contribution in [0.2, 0.25) is 0 Å². The van der Waals surface area contributed by atoms with Crippen molar-refractivity contribution in [3.63, 3.8) is 0 Å². The van der Waals surface area contributed by atoms with Crippen molar-refractivity contribution in [3.8, 4) is 0 Å². The van der Waals surface area contributed by atoms with Gasteiger partial charge in [0, 0.05) is 11.8 Å². The van der Waals surface area contributed by atoms with Crippen LogP contribution in [0.4, 0.5) is 0 Å². The lowest BCUT2D eigenvalue weighted by atomic mass is 10.1. The normalized spacial score (nSPS) is 11.4. The van der Waals surface area contributed by atoms with Crippen molar-refractivity contribution in [1.82, 2.24) is 4.89 Å². The zero-order valence-corrected chi connectivity index (χ0v) is 11.1. The Bertz CT molecular complexity index is 704. The Morgan fingerprint density at radius 2 is 1.84 bits per heavy atom. The Hall–Kier alpha value is -1.92. The van der Waals surface area contributed by atoms with Crippen LogP contribution in [-0.4, -0.2) is 14.4 Å². The molecule has 2 aromatic rings. The summed E-state index contributed by atoms with van der Waals surface area (Å²) >= 11 is 0. The Balaban J connectivity index is 2.41. The summed E-state index contributed by atoms with van der Waals surface area (Å²) in [4.78, 5) is 17.4. The zero-order valence-electron chi connectivity index (χ0n) is 10.3. The minimum atomic E-state index is -3.89. The second kappa shape index (κ2) is 5.38. The number of carbonyl (C=O) groups is 1. The highest BCUT2D eigenvalue weighted by molar-refractivity contribution is 7.89. The molecule has 19 heavy (non-hydrogen) atoms. The minimum Gasteiger partial charge on any atom is -0.356 e. The molecule has 6 heteroatoms. The summed E-state index contributed by atoms with van der Waals surface area (Å²) in [6.45, 7) is 1.58. The monoisotopic (exact) mass is 279 g/mol. The summed E-state index contributed by atoms with van der Waals surface area (Å²) in [6, 6.07) is 12.0. The molecule has 0 aliphatic heterocycles. The van der Waals surface area contributed by atoms with Crippen LogP contribution in [0.15, 0.2) is 47.4 Å². The SMILES string of the molecule is CCC(=O)ONS(=O)(=O)c1cccc2ccccc12. The van der Waals surface area contributed by atoms with Gasteiger partial charge in [-0.25, -0.2) is 8.42 Å². The number of carbonyl (C=O) groups excluding carboxylic acids is 1. The highest BCUT2D eigenvalue weighted by atomic mass is 32.2. The number of rotatable bonds is 4. The molecule has 100 valence electrons. The summed E-state index contributed by atoms with van der Waals surface area (Å²) in [6.07, 6.45) is 0.0953. The molecule has 0 heterocycles. The molecule has 0 unspecified atom stereocenters. The maximum absolute atomic E-state index is 12.1. The van der Waals surface area contributed by atoms with E-state index in [1.54, 1.807) is 25.1 Å². The van der Waals surface area contributed by atoms with Crippen molar-refractivity contribution in [2.45, 2.75) is 18.2 Å². The number of hydrogen-bond donors (Lipinski definition) is 1. The second-order valence-corrected chi connectivity index (χ2v) is 5.51. The van der Waals surface area contributed by atoms with Crippen molar-refractivity contribution in [2.75, 3.05) is 0 Å². The van der Waals surface area contributed by atoms with Gasteiger partial charge in [0.15, 0.2) is 0 Å². The van der Waals surface area contributed by atoms with Crippen LogP contribution in [0, 0.1) is 0 Å². The average Bonchev–Trinajstić information content (AvgIpc) is 2.44. The van der Waals surface area contributed by atoms with E-state index >= 15 is 0 Å². The highest BCUT2D eigenvalue weighted by Crippen LogP contribution is 2.22. The third kappa shape index (κ3) is 2.91. The van der Waals surface area contributed by atoms with Gasteiger partial charge in [-0.1, -0.05) is 43.3 Å². The molecule has 0 spiro atoms. The maximum Gasteiger partial charge on any atom is 0.325 e. The molecule has 2 aromatic carbocycles. The number of hydrogen-bond acceptors (Lipinski definition) is 4. The fourth-order valence-corrected chi connectivity index (χ4v) is 2.67. The van der Waals surface area contributed by atoms with Crippen molar-refractivity contribution < 1.29 is 18.0 Å². The number of benzene rings is 2. The molecule has 0 atom stereocenters. The van der Waals surface area contributed by atoms with Crippen LogP contribution in [0.25, 0.3) is 10.8 Å². The molecule has 0 aliphatic carbocycles. The van der Waals surface area contributed by atoms with E-state index in [-0.39, 0.29) is 11.3 Å². The molecule has 0 bridgehead atoms. The Morgan fingerprint density at radius 3 is 2.58 bits per heavy atom. The lowest BCUT2D eigenvalue weighted by Crippen LogP contribution is -2.27. The second-order valence-electron chi connectivity index (χ2n) is 3.89. The van der Waals surface area contributed by atoms with E-state index in [0.29, 0.717) is 5.39 Å². The van der Waals surface area contributed by atoms with E-state index in [9.17, 15) is 13.2 Å². The van der Waals surface area contributed by atoms with Crippen molar-refractivity contribution in [3.05, 3.63) is 42.5 Å². The molecule has 0 radical (unpaired) electrons. The molecule has 0 saturated heterocycles. The predicted molar refractivity (Wildman–Crippen MR) is 70.7 cm³/mol. The number of fused-ring (bicyclic) bond motifs is 1. The molecule has 1 N–H and O–H groups in total. The molecule has 0 fully saturated rings. The average molecular weight is 279 g/mol. The molecular weight excluding hydrogens is 266 g/mol. The molecular formula is C13H13NO4S. The number of sulfonamides is 1. The standard InChI is InChI=1S/C13H13NO4S/c1-2-13(15)18-14-19(16,17)12-9-5-7-10-6-3-4-8-11(10)12/h3-9,14H,2H2,1H3. The Kier molecular flexibility index (Phi) is 3.82. The van der Waals surface area contributed by atoms with Gasteiger partial charge in [0.2, 0.25) is 0 Å². The molecule has 5 nitrogen and oxygen atoms in total. The van der Waals surface area contributed by atoms with E-state index in [4.69, 9.17) is 0 Å². The van der Waals surface area contributed by atoms with Crippen LogP contribution in [0.3, 0.4) is 0 Å². The van der Waals surface area contributed by atoms with Gasteiger partial charge in [0.25, 0.3) is 10.0 Å². The summed E-state index contributed by atoms with van der Waals surface area (Å²) in [5, 5.41) is 1.37. The van der Waals surface area contributed by atoms with E-state index in [1.807, 2.05) is 23.1 Å². The van der Waals surface area contributed by atoms with E-state index in [0.717, 1.165) is 5.39 Å². The predicted octanol–water partition coefficient (Wildman–Crippen LogP) is 1.99. The first-order valence-corrected chi connectivity index (χ1v) is 7.22. The first-order valence-electron chi connectivity index (χ1n) is 5.74. The summed E-state index contributed by atoms with van der Waals surface area (Å²) in [5.74, 6) is -0.635. The zero-order chi connectivity index (χ0) is 13.9. The quantitative estimate of drug-likeness (QED) is 0.869. The largest absolute Gasteiger partial charge is 0.356 e. The summed E-state index contributed by atoms with van der Waals surface area (Å²) < 4.78 is 24.2. The van der Waals surface area contributed by atoms with Crippen molar-refractivity contribution >= 4 is 26.8 Å². The third-order valence-corrected chi connectivity index (χ3v) is 3.83.